The topological polar surface area (TPSA) is 40.4 Å². The molecule has 0 saturated heterocycles. The Labute approximate surface area is 152 Å². The van der Waals surface area contributed by atoms with E-state index in [1.165, 1.54) is 4.90 Å². The number of carbonyl (C=O) groups is 2. The molecule has 26 heavy (non-hydrogen) atoms. The predicted octanol–water partition coefficient (Wildman–Crippen LogP) is 3.86. The lowest BCUT2D eigenvalue weighted by molar-refractivity contribution is -0.445. The van der Waals surface area contributed by atoms with Gasteiger partial charge in [0.25, 0.3) is 0 Å². The van der Waals surface area contributed by atoms with Gasteiger partial charge in [0.2, 0.25) is 0 Å². The van der Waals surface area contributed by atoms with Crippen molar-refractivity contribution in [2.75, 3.05) is 4.90 Å². The second-order valence-electron chi connectivity index (χ2n) is 6.45. The molecule has 0 bridgehead atoms. The van der Waals surface area contributed by atoms with E-state index in [1.54, 1.807) is 16.7 Å². The van der Waals surface area contributed by atoms with Crippen LogP contribution in [0.4, 0.5) is 10.5 Å². The molecule has 1 aliphatic carbocycles. The Morgan fingerprint density at radius 1 is 0.962 bits per heavy atom. The number of carbonyl (C=O) groups excluding carboxylic acids is 2. The quantitative estimate of drug-likeness (QED) is 0.794. The summed E-state index contributed by atoms with van der Waals surface area (Å²) < 4.78 is 1.71. The zero-order chi connectivity index (χ0) is 18.1. The van der Waals surface area contributed by atoms with Gasteiger partial charge < -0.3 is 0 Å². The molecule has 2 aromatic rings. The molecule has 128 valence electrons. The molecule has 1 aliphatic heterocycles. The maximum absolute atomic E-state index is 13.3. The third kappa shape index (κ3) is 2.69. The first-order valence-electron chi connectivity index (χ1n) is 8.63. The van der Waals surface area contributed by atoms with E-state index in [2.05, 4.69) is 0 Å². The van der Waals surface area contributed by atoms with Gasteiger partial charge in [-0.2, -0.15) is 9.37 Å². The molecule has 0 radical (unpaired) electrons. The number of rotatable bonds is 3. The van der Waals surface area contributed by atoms with Crippen molar-refractivity contribution in [1.82, 2.24) is 0 Å². The number of fused-ring (bicyclic) bond motifs is 1. The van der Waals surface area contributed by atoms with E-state index in [4.69, 9.17) is 0 Å². The number of hydrogen-bond donors (Lipinski definition) is 0. The van der Waals surface area contributed by atoms with Gasteiger partial charge in [0.1, 0.15) is 23.9 Å². The zero-order valence-corrected chi connectivity index (χ0v) is 14.5. The molecule has 4 nitrogen and oxygen atoms in total. The van der Waals surface area contributed by atoms with E-state index in [-0.39, 0.29) is 11.9 Å². The fourth-order valence-corrected chi connectivity index (χ4v) is 3.39. The predicted molar refractivity (Wildman–Crippen MR) is 101 cm³/mol. The van der Waals surface area contributed by atoms with Crippen LogP contribution in [-0.2, 0) is 11.3 Å². The summed E-state index contributed by atoms with van der Waals surface area (Å²) >= 11 is 0. The number of allylic oxidation sites excluding steroid dienone is 3. The van der Waals surface area contributed by atoms with Gasteiger partial charge >= 0.3 is 11.9 Å². The van der Waals surface area contributed by atoms with Crippen molar-refractivity contribution in [2.24, 2.45) is 5.92 Å². The number of benzene rings is 2. The van der Waals surface area contributed by atoms with Crippen molar-refractivity contribution >= 4 is 23.3 Å². The maximum atomic E-state index is 13.3. The van der Waals surface area contributed by atoms with Crippen LogP contribution in [0.1, 0.15) is 11.1 Å². The second-order valence-corrected chi connectivity index (χ2v) is 6.45. The van der Waals surface area contributed by atoms with E-state index < -0.39 is 5.92 Å². The molecule has 4 rings (SSSR count). The third-order valence-corrected chi connectivity index (χ3v) is 4.82. The molecular weight excluding hydrogens is 324 g/mol. The van der Waals surface area contributed by atoms with Crippen LogP contribution in [0.5, 0.6) is 0 Å². The molecule has 0 aromatic heterocycles. The lowest BCUT2D eigenvalue weighted by Crippen LogP contribution is -2.54. The number of para-hydroxylation sites is 1. The highest BCUT2D eigenvalue weighted by atomic mass is 16.2. The molecule has 0 N–H and O–H groups in total. The van der Waals surface area contributed by atoms with E-state index in [9.17, 15) is 9.59 Å². The lowest BCUT2D eigenvalue weighted by Gasteiger charge is -2.26. The van der Waals surface area contributed by atoms with Gasteiger partial charge in [-0.15, -0.1) is 4.90 Å². The normalized spacial score (nSPS) is 19.1. The summed E-state index contributed by atoms with van der Waals surface area (Å²) in [5, 5.41) is 0. The average molecular weight is 343 g/mol. The van der Waals surface area contributed by atoms with E-state index in [0.717, 1.165) is 16.8 Å². The minimum absolute atomic E-state index is 0.210. The summed E-state index contributed by atoms with van der Waals surface area (Å²) in [5.74, 6) is -0.653. The highest BCUT2D eigenvalue weighted by molar-refractivity contribution is 6.25. The van der Waals surface area contributed by atoms with Gasteiger partial charge in [-0.3, -0.25) is 0 Å². The maximum Gasteiger partial charge on any atom is 0.506 e. The smallest absolute Gasteiger partial charge is 0.245 e. The Morgan fingerprint density at radius 3 is 2.46 bits per heavy atom. The molecule has 1 heterocycles. The minimum atomic E-state index is -0.443. The summed E-state index contributed by atoms with van der Waals surface area (Å²) in [6.07, 6.45) is 7.44. The first-order valence-corrected chi connectivity index (χ1v) is 8.63. The number of imide groups is 1. The zero-order valence-electron chi connectivity index (χ0n) is 14.5. The lowest BCUT2D eigenvalue weighted by atomic mass is 9.94. The van der Waals surface area contributed by atoms with Gasteiger partial charge in [0, 0.05) is 0 Å². The van der Waals surface area contributed by atoms with Crippen molar-refractivity contribution in [3.8, 4) is 0 Å². The van der Waals surface area contributed by atoms with Gasteiger partial charge in [-0.25, -0.2) is 4.79 Å². The molecule has 0 fully saturated rings. The number of anilines is 1. The number of aryl methyl sites for hydroxylation is 1. The summed E-state index contributed by atoms with van der Waals surface area (Å²) in [6, 6.07) is 16.8. The first-order chi connectivity index (χ1) is 12.7. The largest absolute Gasteiger partial charge is 0.506 e. The highest BCUT2D eigenvalue weighted by Crippen LogP contribution is 2.26. The van der Waals surface area contributed by atoms with Crippen LogP contribution >= 0.6 is 0 Å². The standard InChI is InChI=1S/C22H19N2O2/c1-16-9-5-6-10-17(16)15-23-20-14-8-7-13-19(20)21(25)24(22(23)26)18-11-3-2-4-12-18/h2-14,19H,15H2,1H3/q+1. The fraction of sp³-hybridized carbons (Fsp3) is 0.136. The molecule has 0 spiro atoms. The average Bonchev–Trinajstić information content (AvgIpc) is 2.67. The Morgan fingerprint density at radius 2 is 1.69 bits per heavy atom. The second kappa shape index (κ2) is 6.56. The molecule has 3 amide bonds. The highest BCUT2D eigenvalue weighted by Gasteiger charge is 2.47. The molecule has 1 unspecified atom stereocenters. The number of hydrogen-bond acceptors (Lipinski definition) is 2. The molecule has 2 aliphatic rings. The Balaban J connectivity index is 1.83. The third-order valence-electron chi connectivity index (χ3n) is 4.82. The van der Waals surface area contributed by atoms with Gasteiger partial charge in [0.15, 0.2) is 0 Å². The molecule has 1 atom stereocenters. The van der Waals surface area contributed by atoms with E-state index in [0.29, 0.717) is 12.2 Å². The van der Waals surface area contributed by atoms with Crippen LogP contribution in [0.3, 0.4) is 0 Å². The van der Waals surface area contributed by atoms with Crippen LogP contribution in [0.2, 0.25) is 0 Å². The summed E-state index contributed by atoms with van der Waals surface area (Å²) in [4.78, 5) is 27.6. The molecule has 4 heteroatoms. The Bertz CT molecular complexity index is 971. The van der Waals surface area contributed by atoms with Crippen LogP contribution in [0.25, 0.3) is 0 Å². The van der Waals surface area contributed by atoms with Crippen LogP contribution < -0.4 is 4.90 Å². The van der Waals surface area contributed by atoms with Crippen molar-refractivity contribution in [3.05, 3.63) is 90.0 Å². The van der Waals surface area contributed by atoms with Crippen LogP contribution in [0.15, 0.2) is 78.9 Å². The first kappa shape index (κ1) is 16.2. The Hall–Kier alpha value is -3.27. The monoisotopic (exact) mass is 343 g/mol. The van der Waals surface area contributed by atoms with E-state index >= 15 is 0 Å². The Kier molecular flexibility index (Phi) is 4.09. The van der Waals surface area contributed by atoms with Crippen molar-refractivity contribution < 1.29 is 14.2 Å². The molecule has 2 aromatic carbocycles. The minimum Gasteiger partial charge on any atom is -0.245 e. The van der Waals surface area contributed by atoms with Crippen LogP contribution in [-0.4, -0.2) is 22.2 Å². The van der Waals surface area contributed by atoms with E-state index in [1.807, 2.05) is 73.7 Å². The summed E-state index contributed by atoms with van der Waals surface area (Å²) in [5.41, 5.74) is 3.52. The number of amides is 3. The number of urea groups is 1. The van der Waals surface area contributed by atoms with Crippen molar-refractivity contribution in [3.63, 3.8) is 0 Å². The van der Waals surface area contributed by atoms with Gasteiger partial charge in [-0.1, -0.05) is 60.7 Å². The van der Waals surface area contributed by atoms with Crippen molar-refractivity contribution in [2.45, 2.75) is 13.5 Å². The van der Waals surface area contributed by atoms with Gasteiger partial charge in [-0.05, 0) is 36.3 Å². The van der Waals surface area contributed by atoms with Crippen molar-refractivity contribution in [1.29, 1.82) is 0 Å². The van der Waals surface area contributed by atoms with Gasteiger partial charge in [0.05, 0.1) is 0 Å². The summed E-state index contributed by atoms with van der Waals surface area (Å²) in [7, 11) is 0. The number of nitrogens with zero attached hydrogens (tertiary/aromatic N) is 2. The summed E-state index contributed by atoms with van der Waals surface area (Å²) in [6.45, 7) is 2.47. The van der Waals surface area contributed by atoms with Crippen LogP contribution in [0, 0.1) is 12.8 Å². The molecular formula is C22H19N2O2+. The molecule has 0 saturated carbocycles. The fourth-order valence-electron chi connectivity index (χ4n) is 3.39. The SMILES string of the molecule is Cc1ccccc1C[N+]1=C2C=CC=CC2C(=O)N(c2ccccc2)C1=O.